The van der Waals surface area contributed by atoms with Crippen LogP contribution in [0.5, 0.6) is 0 Å². The Kier molecular flexibility index (Phi) is 9.91. The molecule has 156 valence electrons. The first-order valence-corrected chi connectivity index (χ1v) is 10.7. The van der Waals surface area contributed by atoms with Crippen molar-refractivity contribution in [2.24, 2.45) is 10.9 Å². The number of carbonyl (C=O) groups excluding carboxylic acids is 1. The normalized spacial score (nSPS) is 19.8. The zero-order chi connectivity index (χ0) is 19.5. The van der Waals surface area contributed by atoms with Gasteiger partial charge in [-0.25, -0.2) is 0 Å². The standard InChI is InChI=1S/C20H39N5O2/c1-4-21-20(22-9-5-6-19(26)24-17-7-8-17)23-15-18(14-16(2)3)25-10-12-27-13-11-25/h16-18H,4-15H2,1-3H3,(H,24,26)(H2,21,22,23). The van der Waals surface area contributed by atoms with Crippen molar-refractivity contribution in [1.82, 2.24) is 20.9 Å². The molecule has 3 N–H and O–H groups in total. The Hall–Kier alpha value is -1.34. The molecule has 2 fully saturated rings. The van der Waals surface area contributed by atoms with Crippen LogP contribution in [0.4, 0.5) is 0 Å². The molecule has 0 aromatic rings. The van der Waals surface area contributed by atoms with Crippen LogP contribution in [-0.4, -0.2) is 74.8 Å². The van der Waals surface area contributed by atoms with Crippen LogP contribution in [0.15, 0.2) is 4.99 Å². The van der Waals surface area contributed by atoms with Crippen molar-refractivity contribution in [2.75, 3.05) is 45.9 Å². The third kappa shape index (κ3) is 9.42. The van der Waals surface area contributed by atoms with E-state index in [9.17, 15) is 4.79 Å². The molecule has 2 aliphatic rings. The van der Waals surface area contributed by atoms with Gasteiger partial charge in [-0.15, -0.1) is 0 Å². The van der Waals surface area contributed by atoms with E-state index in [1.165, 1.54) is 0 Å². The smallest absolute Gasteiger partial charge is 0.220 e. The number of guanidine groups is 1. The molecular formula is C20H39N5O2. The minimum Gasteiger partial charge on any atom is -0.379 e. The molecule has 7 heteroatoms. The van der Waals surface area contributed by atoms with Gasteiger partial charge in [0.1, 0.15) is 0 Å². The number of hydrogen-bond donors (Lipinski definition) is 3. The van der Waals surface area contributed by atoms with E-state index in [0.29, 0.717) is 24.4 Å². The largest absolute Gasteiger partial charge is 0.379 e. The SMILES string of the molecule is CCNC(=NCC(CC(C)C)N1CCOCC1)NCCCC(=O)NC1CC1. The monoisotopic (exact) mass is 381 g/mol. The molecule has 1 aliphatic carbocycles. The number of rotatable bonds is 11. The summed E-state index contributed by atoms with van der Waals surface area (Å²) in [6.45, 7) is 12.6. The number of aliphatic imine (C=N–C) groups is 1. The van der Waals surface area contributed by atoms with Crippen molar-refractivity contribution in [1.29, 1.82) is 0 Å². The van der Waals surface area contributed by atoms with Crippen molar-refractivity contribution in [3.8, 4) is 0 Å². The summed E-state index contributed by atoms with van der Waals surface area (Å²) < 4.78 is 5.50. The van der Waals surface area contributed by atoms with Crippen molar-refractivity contribution < 1.29 is 9.53 Å². The van der Waals surface area contributed by atoms with Gasteiger partial charge >= 0.3 is 0 Å². The summed E-state index contributed by atoms with van der Waals surface area (Å²) in [5.74, 6) is 1.67. The molecule has 1 heterocycles. The van der Waals surface area contributed by atoms with E-state index in [2.05, 4.69) is 41.6 Å². The van der Waals surface area contributed by atoms with Gasteiger partial charge in [-0.05, 0) is 38.5 Å². The van der Waals surface area contributed by atoms with Crippen molar-refractivity contribution >= 4 is 11.9 Å². The number of amides is 1. The van der Waals surface area contributed by atoms with E-state index < -0.39 is 0 Å². The molecule has 2 rings (SSSR count). The predicted octanol–water partition coefficient (Wildman–Crippen LogP) is 1.35. The van der Waals surface area contributed by atoms with Crippen LogP contribution < -0.4 is 16.0 Å². The van der Waals surface area contributed by atoms with Crippen LogP contribution in [0, 0.1) is 5.92 Å². The summed E-state index contributed by atoms with van der Waals surface area (Å²) in [5, 5.41) is 9.73. The van der Waals surface area contributed by atoms with E-state index in [1.807, 2.05) is 0 Å². The van der Waals surface area contributed by atoms with Crippen LogP contribution in [0.3, 0.4) is 0 Å². The molecule has 0 aromatic carbocycles. The molecule has 0 aromatic heterocycles. The zero-order valence-corrected chi connectivity index (χ0v) is 17.4. The van der Waals surface area contributed by atoms with Gasteiger partial charge in [0.15, 0.2) is 5.96 Å². The zero-order valence-electron chi connectivity index (χ0n) is 17.4. The highest BCUT2D eigenvalue weighted by Crippen LogP contribution is 2.18. The first kappa shape index (κ1) is 22.0. The molecule has 7 nitrogen and oxygen atoms in total. The lowest BCUT2D eigenvalue weighted by Gasteiger charge is -2.34. The molecule has 27 heavy (non-hydrogen) atoms. The van der Waals surface area contributed by atoms with Crippen LogP contribution in [0.2, 0.25) is 0 Å². The van der Waals surface area contributed by atoms with Gasteiger partial charge in [0.25, 0.3) is 0 Å². The number of carbonyl (C=O) groups is 1. The number of nitrogens with zero attached hydrogens (tertiary/aromatic N) is 2. The van der Waals surface area contributed by atoms with E-state index in [1.54, 1.807) is 0 Å². The van der Waals surface area contributed by atoms with E-state index in [4.69, 9.17) is 9.73 Å². The summed E-state index contributed by atoms with van der Waals surface area (Å²) in [6.07, 6.45) is 4.82. The molecule has 1 unspecified atom stereocenters. The number of hydrogen-bond acceptors (Lipinski definition) is 4. The maximum Gasteiger partial charge on any atom is 0.220 e. The third-order valence-electron chi connectivity index (χ3n) is 4.93. The summed E-state index contributed by atoms with van der Waals surface area (Å²) in [6, 6.07) is 0.899. The summed E-state index contributed by atoms with van der Waals surface area (Å²) in [4.78, 5) is 19.1. The topological polar surface area (TPSA) is 78.0 Å². The molecule has 1 aliphatic heterocycles. The van der Waals surface area contributed by atoms with Gasteiger partial charge in [0, 0.05) is 44.7 Å². The lowest BCUT2D eigenvalue weighted by molar-refractivity contribution is -0.121. The average molecular weight is 382 g/mol. The fourth-order valence-electron chi connectivity index (χ4n) is 3.35. The fourth-order valence-corrected chi connectivity index (χ4v) is 3.35. The van der Waals surface area contributed by atoms with Crippen LogP contribution >= 0.6 is 0 Å². The molecule has 0 bridgehead atoms. The average Bonchev–Trinajstić information content (AvgIpc) is 3.46. The number of morpholine rings is 1. The van der Waals surface area contributed by atoms with Crippen LogP contribution in [0.25, 0.3) is 0 Å². The second kappa shape index (κ2) is 12.2. The van der Waals surface area contributed by atoms with E-state index in [-0.39, 0.29) is 5.91 Å². The van der Waals surface area contributed by atoms with Crippen LogP contribution in [0.1, 0.15) is 52.9 Å². The highest BCUT2D eigenvalue weighted by Gasteiger charge is 2.23. The van der Waals surface area contributed by atoms with Crippen molar-refractivity contribution in [3.63, 3.8) is 0 Å². The van der Waals surface area contributed by atoms with E-state index >= 15 is 0 Å². The lowest BCUT2D eigenvalue weighted by Crippen LogP contribution is -2.46. The summed E-state index contributed by atoms with van der Waals surface area (Å²) in [7, 11) is 0. The lowest BCUT2D eigenvalue weighted by atomic mass is 10.0. The second-order valence-corrected chi connectivity index (χ2v) is 8.02. The van der Waals surface area contributed by atoms with Crippen molar-refractivity contribution in [3.05, 3.63) is 0 Å². The third-order valence-corrected chi connectivity index (χ3v) is 4.93. The molecular weight excluding hydrogens is 342 g/mol. The molecule has 0 radical (unpaired) electrons. The van der Waals surface area contributed by atoms with Gasteiger partial charge in [0.05, 0.1) is 19.8 Å². The molecule has 0 spiro atoms. The van der Waals surface area contributed by atoms with Crippen LogP contribution in [-0.2, 0) is 9.53 Å². The summed E-state index contributed by atoms with van der Waals surface area (Å²) >= 11 is 0. The number of ether oxygens (including phenoxy) is 1. The maximum atomic E-state index is 11.8. The summed E-state index contributed by atoms with van der Waals surface area (Å²) in [5.41, 5.74) is 0. The van der Waals surface area contributed by atoms with Gasteiger partial charge < -0.3 is 20.7 Å². The van der Waals surface area contributed by atoms with Gasteiger partial charge in [-0.2, -0.15) is 0 Å². The highest BCUT2D eigenvalue weighted by molar-refractivity contribution is 5.80. The Morgan fingerprint density at radius 1 is 1.22 bits per heavy atom. The maximum absolute atomic E-state index is 11.8. The van der Waals surface area contributed by atoms with Gasteiger partial charge in [0.2, 0.25) is 5.91 Å². The van der Waals surface area contributed by atoms with Gasteiger partial charge in [-0.1, -0.05) is 13.8 Å². The Labute approximate surface area is 164 Å². The number of nitrogens with one attached hydrogen (secondary N) is 3. The Morgan fingerprint density at radius 2 is 1.96 bits per heavy atom. The van der Waals surface area contributed by atoms with E-state index in [0.717, 1.165) is 77.6 Å². The minimum atomic E-state index is 0.172. The Balaban J connectivity index is 1.76. The second-order valence-electron chi connectivity index (χ2n) is 8.02. The minimum absolute atomic E-state index is 0.172. The molecule has 1 saturated carbocycles. The first-order chi connectivity index (χ1) is 13.1. The molecule has 1 saturated heterocycles. The molecule has 1 amide bonds. The Morgan fingerprint density at radius 3 is 2.59 bits per heavy atom. The highest BCUT2D eigenvalue weighted by atomic mass is 16.5. The quantitative estimate of drug-likeness (QED) is 0.286. The Bertz CT molecular complexity index is 459. The van der Waals surface area contributed by atoms with Gasteiger partial charge in [-0.3, -0.25) is 14.7 Å². The predicted molar refractivity (Wildman–Crippen MR) is 110 cm³/mol. The van der Waals surface area contributed by atoms with Crippen molar-refractivity contribution in [2.45, 2.75) is 65.0 Å². The first-order valence-electron chi connectivity index (χ1n) is 10.7. The fraction of sp³-hybridized carbons (Fsp3) is 0.900. The molecule has 1 atom stereocenters.